The molecule has 1 aromatic rings. The zero-order valence-electron chi connectivity index (χ0n) is 12.2. The lowest BCUT2D eigenvalue weighted by atomic mass is 10.3. The van der Waals surface area contributed by atoms with Crippen LogP contribution in [-0.2, 0) is 4.74 Å². The lowest BCUT2D eigenvalue weighted by molar-refractivity contribution is 0.0564. The van der Waals surface area contributed by atoms with E-state index in [-0.39, 0.29) is 6.03 Å². The minimum Gasteiger partial charge on any atom is -0.378 e. The summed E-state index contributed by atoms with van der Waals surface area (Å²) >= 11 is 1.34. The van der Waals surface area contributed by atoms with Gasteiger partial charge in [0.2, 0.25) is 0 Å². The number of nitrogens with one attached hydrogen (secondary N) is 2. The van der Waals surface area contributed by atoms with Crippen molar-refractivity contribution in [2.75, 3.05) is 37.9 Å². The standard InChI is InChI=1S/C14H17N5O2S/c1-22-13(16-10-15)17-11-3-2-4-12(9-11)18-14(20)19-5-7-21-8-6-19/h2-4,9H,5-8H2,1H3,(H,16,17)(H,18,20). The zero-order valence-corrected chi connectivity index (χ0v) is 13.0. The van der Waals surface area contributed by atoms with Crippen molar-refractivity contribution in [3.8, 4) is 6.19 Å². The number of carbonyl (C=O) groups excluding carboxylic acids is 1. The summed E-state index contributed by atoms with van der Waals surface area (Å²) in [6.07, 6.45) is 3.67. The van der Waals surface area contributed by atoms with Crippen LogP contribution in [0.25, 0.3) is 0 Å². The van der Waals surface area contributed by atoms with Gasteiger partial charge in [0.1, 0.15) is 0 Å². The molecule has 22 heavy (non-hydrogen) atoms. The molecule has 2 N–H and O–H groups in total. The summed E-state index contributed by atoms with van der Waals surface area (Å²) < 4.78 is 5.22. The van der Waals surface area contributed by atoms with E-state index in [2.05, 4.69) is 15.6 Å². The number of urea groups is 1. The molecule has 1 heterocycles. The molecule has 1 aliphatic rings. The third-order valence-electron chi connectivity index (χ3n) is 2.98. The van der Waals surface area contributed by atoms with E-state index in [1.54, 1.807) is 29.2 Å². The van der Waals surface area contributed by atoms with Gasteiger partial charge in [0.15, 0.2) is 11.4 Å². The average molecular weight is 319 g/mol. The molecule has 0 aromatic heterocycles. The molecule has 0 radical (unpaired) electrons. The highest BCUT2D eigenvalue weighted by molar-refractivity contribution is 8.13. The number of benzene rings is 1. The molecule has 8 heteroatoms. The van der Waals surface area contributed by atoms with Crippen LogP contribution in [0.1, 0.15) is 0 Å². The van der Waals surface area contributed by atoms with Gasteiger partial charge in [-0.1, -0.05) is 17.8 Å². The maximum absolute atomic E-state index is 12.1. The van der Waals surface area contributed by atoms with Crippen LogP contribution in [0.4, 0.5) is 16.2 Å². The quantitative estimate of drug-likeness (QED) is 0.376. The third-order valence-corrected chi connectivity index (χ3v) is 3.56. The number of thioether (sulfide) groups is 1. The minimum atomic E-state index is -0.148. The molecule has 0 spiro atoms. The largest absolute Gasteiger partial charge is 0.378 e. The number of nitrogens with zero attached hydrogens (tertiary/aromatic N) is 3. The predicted octanol–water partition coefficient (Wildman–Crippen LogP) is 1.97. The first-order valence-electron chi connectivity index (χ1n) is 6.74. The molecule has 0 atom stereocenters. The van der Waals surface area contributed by atoms with Gasteiger partial charge in [0.05, 0.1) is 18.9 Å². The molecule has 0 unspecified atom stereocenters. The fourth-order valence-electron chi connectivity index (χ4n) is 1.91. The number of carbonyl (C=O) groups is 1. The van der Waals surface area contributed by atoms with Crippen LogP contribution in [0.3, 0.4) is 0 Å². The molecule has 1 fully saturated rings. The molecule has 0 aliphatic carbocycles. The lowest BCUT2D eigenvalue weighted by Gasteiger charge is -2.26. The molecule has 0 saturated carbocycles. The number of anilines is 1. The van der Waals surface area contributed by atoms with Crippen LogP contribution in [-0.4, -0.2) is 48.7 Å². The Hall–Kier alpha value is -2.24. The van der Waals surface area contributed by atoms with Crippen molar-refractivity contribution in [1.82, 2.24) is 10.2 Å². The van der Waals surface area contributed by atoms with E-state index >= 15 is 0 Å². The third kappa shape index (κ3) is 4.65. The fraction of sp³-hybridized carbons (Fsp3) is 0.357. The maximum Gasteiger partial charge on any atom is 0.322 e. The summed E-state index contributed by atoms with van der Waals surface area (Å²) in [5, 5.41) is 14.5. The van der Waals surface area contributed by atoms with Crippen LogP contribution in [0.2, 0.25) is 0 Å². The lowest BCUT2D eigenvalue weighted by Crippen LogP contribution is -2.43. The summed E-state index contributed by atoms with van der Waals surface area (Å²) in [7, 11) is 0. The SMILES string of the molecule is CSC(=Nc1cccc(NC(=O)N2CCOCC2)c1)NC#N. The molecular formula is C14H17N5O2S. The van der Waals surface area contributed by atoms with Crippen LogP contribution >= 0.6 is 11.8 Å². The van der Waals surface area contributed by atoms with Crippen molar-refractivity contribution in [3.05, 3.63) is 24.3 Å². The topological polar surface area (TPSA) is 89.8 Å². The molecular weight excluding hydrogens is 302 g/mol. The molecule has 2 rings (SSSR count). The smallest absolute Gasteiger partial charge is 0.322 e. The van der Waals surface area contributed by atoms with Crippen LogP contribution in [0, 0.1) is 11.5 Å². The fourth-order valence-corrected chi connectivity index (χ4v) is 2.26. The van der Waals surface area contributed by atoms with E-state index in [9.17, 15) is 4.79 Å². The van der Waals surface area contributed by atoms with Gasteiger partial charge >= 0.3 is 6.03 Å². The van der Waals surface area contributed by atoms with Gasteiger partial charge in [0, 0.05) is 18.8 Å². The number of ether oxygens (including phenoxy) is 1. The van der Waals surface area contributed by atoms with Gasteiger partial charge < -0.3 is 15.0 Å². The van der Waals surface area contributed by atoms with Gasteiger partial charge in [-0.2, -0.15) is 5.26 Å². The van der Waals surface area contributed by atoms with E-state index in [1.807, 2.05) is 12.4 Å². The van der Waals surface area contributed by atoms with Crippen molar-refractivity contribution in [2.24, 2.45) is 4.99 Å². The van der Waals surface area contributed by atoms with Crippen LogP contribution in [0.15, 0.2) is 29.3 Å². The first-order chi connectivity index (χ1) is 10.7. The van der Waals surface area contributed by atoms with Gasteiger partial charge in [-0.05, 0) is 24.5 Å². The normalized spacial score (nSPS) is 15.1. The van der Waals surface area contributed by atoms with Gasteiger partial charge in [-0.25, -0.2) is 9.79 Å². The molecule has 1 aliphatic heterocycles. The van der Waals surface area contributed by atoms with Crippen LogP contribution < -0.4 is 10.6 Å². The number of amides is 2. The second kappa shape index (κ2) is 8.26. The number of amidine groups is 1. The number of morpholine rings is 1. The molecule has 2 amide bonds. The Morgan fingerprint density at radius 1 is 1.45 bits per heavy atom. The monoisotopic (exact) mass is 319 g/mol. The Morgan fingerprint density at radius 3 is 2.91 bits per heavy atom. The van der Waals surface area contributed by atoms with Crippen molar-refractivity contribution in [1.29, 1.82) is 5.26 Å². The highest BCUT2D eigenvalue weighted by Gasteiger charge is 2.16. The number of rotatable bonds is 2. The summed E-state index contributed by atoms with van der Waals surface area (Å²) in [5.74, 6) is 0. The van der Waals surface area contributed by atoms with Crippen molar-refractivity contribution in [3.63, 3.8) is 0 Å². The predicted molar refractivity (Wildman–Crippen MR) is 87.2 cm³/mol. The molecule has 1 aromatic carbocycles. The van der Waals surface area contributed by atoms with E-state index in [4.69, 9.17) is 10.00 Å². The first-order valence-corrected chi connectivity index (χ1v) is 7.97. The maximum atomic E-state index is 12.1. The highest BCUT2D eigenvalue weighted by Crippen LogP contribution is 2.19. The second-order valence-corrected chi connectivity index (χ2v) is 5.23. The number of nitriles is 1. The summed E-state index contributed by atoms with van der Waals surface area (Å²) in [5.41, 5.74) is 1.32. The van der Waals surface area contributed by atoms with Gasteiger partial charge in [0.25, 0.3) is 0 Å². The average Bonchev–Trinajstić information content (AvgIpc) is 2.55. The zero-order chi connectivity index (χ0) is 15.8. The van der Waals surface area contributed by atoms with Crippen LogP contribution in [0.5, 0.6) is 0 Å². The summed E-state index contributed by atoms with van der Waals surface area (Å²) in [6.45, 7) is 2.31. The number of aliphatic imine (C=N–C) groups is 1. The second-order valence-electron chi connectivity index (χ2n) is 4.44. The first kappa shape index (κ1) is 16.1. The van der Waals surface area contributed by atoms with E-state index in [0.717, 1.165) is 0 Å². The van der Waals surface area contributed by atoms with Crippen molar-refractivity contribution in [2.45, 2.75) is 0 Å². The summed E-state index contributed by atoms with van der Waals surface area (Å²) in [6, 6.07) is 7.02. The van der Waals surface area contributed by atoms with E-state index < -0.39 is 0 Å². The van der Waals surface area contributed by atoms with Gasteiger partial charge in [-0.15, -0.1) is 0 Å². The minimum absolute atomic E-state index is 0.148. The highest BCUT2D eigenvalue weighted by atomic mass is 32.2. The van der Waals surface area contributed by atoms with E-state index in [1.165, 1.54) is 11.8 Å². The van der Waals surface area contributed by atoms with Gasteiger partial charge in [-0.3, -0.25) is 5.32 Å². The van der Waals surface area contributed by atoms with Crippen molar-refractivity contribution >= 4 is 34.3 Å². The Morgan fingerprint density at radius 2 is 2.23 bits per heavy atom. The number of hydrogen-bond donors (Lipinski definition) is 2. The molecule has 0 bridgehead atoms. The Kier molecular flexibility index (Phi) is 6.06. The Labute approximate surface area is 133 Å². The van der Waals surface area contributed by atoms with E-state index in [0.29, 0.717) is 42.8 Å². The van der Waals surface area contributed by atoms with Crippen molar-refractivity contribution < 1.29 is 9.53 Å². The Balaban J connectivity index is 2.05. The molecule has 7 nitrogen and oxygen atoms in total. The number of hydrogen-bond acceptors (Lipinski definition) is 5. The Bertz CT molecular complexity index is 593. The summed E-state index contributed by atoms with van der Waals surface area (Å²) in [4.78, 5) is 18.1. The molecule has 116 valence electrons. The molecule has 1 saturated heterocycles.